The quantitative estimate of drug-likeness (QED) is 0.302. The highest BCUT2D eigenvalue weighted by atomic mass is 15.2. The molecule has 0 radical (unpaired) electrons. The van der Waals surface area contributed by atoms with E-state index >= 15 is 0 Å². The van der Waals surface area contributed by atoms with Crippen LogP contribution in [0.1, 0.15) is 59.6 Å². The number of aryl methyl sites for hydroxylation is 1. The monoisotopic (exact) mass is 446 g/mol. The first-order chi connectivity index (χ1) is 16.6. The van der Waals surface area contributed by atoms with E-state index in [0.717, 1.165) is 11.3 Å². The van der Waals surface area contributed by atoms with E-state index in [4.69, 9.17) is 1.37 Å². The topological polar surface area (TPSA) is 3.24 Å². The first-order valence-electron chi connectivity index (χ1n) is 12.8. The van der Waals surface area contributed by atoms with Crippen LogP contribution in [0.5, 0.6) is 0 Å². The molecule has 1 unspecified atom stereocenters. The van der Waals surface area contributed by atoms with Crippen LogP contribution in [0, 0.1) is 0 Å². The second-order valence-electron chi connectivity index (χ2n) is 10.8. The Labute approximate surface area is 206 Å². The van der Waals surface area contributed by atoms with Gasteiger partial charge in [0.15, 0.2) is 0 Å². The summed E-state index contributed by atoms with van der Waals surface area (Å²) in [6.07, 6.45) is -0.336. The number of anilines is 2. The van der Waals surface area contributed by atoms with Crippen LogP contribution >= 0.6 is 0 Å². The Morgan fingerprint density at radius 3 is 2.15 bits per heavy atom. The zero-order valence-corrected chi connectivity index (χ0v) is 21.2. The van der Waals surface area contributed by atoms with Gasteiger partial charge in [-0.25, -0.2) is 0 Å². The van der Waals surface area contributed by atoms with Gasteiger partial charge in [-0.05, 0) is 78.2 Å². The van der Waals surface area contributed by atoms with E-state index in [1.807, 2.05) is 6.92 Å². The molecule has 1 nitrogen and oxygen atoms in total. The molecule has 0 amide bonds. The van der Waals surface area contributed by atoms with Crippen molar-refractivity contribution < 1.29 is 1.37 Å². The lowest BCUT2D eigenvalue weighted by atomic mass is 9.79. The maximum absolute atomic E-state index is 8.82. The van der Waals surface area contributed by atoms with E-state index in [1.54, 1.807) is 0 Å². The number of rotatable bonds is 4. The molecule has 1 aliphatic rings. The van der Waals surface area contributed by atoms with Gasteiger partial charge in [0.05, 0.1) is 0 Å². The SMILES string of the molecule is [2H]C(C)c1ccc2c(c1N(c1cccc(-c3ccccc3)c1)C(C)(C)C)C(C)(C)c1ccccc1-2. The second kappa shape index (κ2) is 8.17. The Hall–Kier alpha value is -3.32. The molecule has 1 aliphatic carbocycles. The Kier molecular flexibility index (Phi) is 5.10. The molecule has 0 aliphatic heterocycles. The van der Waals surface area contributed by atoms with Crippen LogP contribution in [0.3, 0.4) is 0 Å². The van der Waals surface area contributed by atoms with Gasteiger partial charge >= 0.3 is 0 Å². The summed E-state index contributed by atoms with van der Waals surface area (Å²) in [5.41, 5.74) is 10.8. The number of hydrogen-bond donors (Lipinski definition) is 0. The average molecular weight is 447 g/mol. The van der Waals surface area contributed by atoms with Crippen molar-refractivity contribution in [1.82, 2.24) is 0 Å². The molecule has 0 fully saturated rings. The van der Waals surface area contributed by atoms with Gasteiger partial charge in [-0.3, -0.25) is 0 Å². The van der Waals surface area contributed by atoms with Gasteiger partial charge in [0.25, 0.3) is 0 Å². The third-order valence-electron chi connectivity index (χ3n) is 7.14. The molecule has 1 atom stereocenters. The van der Waals surface area contributed by atoms with Crippen molar-refractivity contribution in [3.63, 3.8) is 0 Å². The maximum atomic E-state index is 8.82. The van der Waals surface area contributed by atoms with E-state index in [1.165, 1.54) is 39.1 Å². The molecular weight excluding hydrogens is 410 g/mol. The van der Waals surface area contributed by atoms with Crippen molar-refractivity contribution >= 4 is 11.4 Å². The molecule has 172 valence electrons. The zero-order valence-electron chi connectivity index (χ0n) is 22.2. The molecule has 0 aromatic heterocycles. The first kappa shape index (κ1) is 21.2. The van der Waals surface area contributed by atoms with Crippen molar-refractivity contribution in [2.75, 3.05) is 4.90 Å². The van der Waals surface area contributed by atoms with E-state index < -0.39 is 0 Å². The predicted molar refractivity (Wildman–Crippen MR) is 147 cm³/mol. The summed E-state index contributed by atoms with van der Waals surface area (Å²) < 4.78 is 8.82. The first-order valence-corrected chi connectivity index (χ1v) is 12.3. The van der Waals surface area contributed by atoms with Crippen LogP contribution in [0.15, 0.2) is 91.0 Å². The van der Waals surface area contributed by atoms with Gasteiger partial charge < -0.3 is 4.90 Å². The van der Waals surface area contributed by atoms with Gasteiger partial charge in [0.1, 0.15) is 0 Å². The minimum absolute atomic E-state index is 0.160. The summed E-state index contributed by atoms with van der Waals surface area (Å²) in [6, 6.07) is 32.6. The molecule has 0 spiro atoms. The van der Waals surface area contributed by atoms with Crippen LogP contribution in [0.2, 0.25) is 0 Å². The number of nitrogens with zero attached hydrogens (tertiary/aromatic N) is 1. The van der Waals surface area contributed by atoms with Crippen LogP contribution in [0.25, 0.3) is 22.3 Å². The molecule has 5 rings (SSSR count). The standard InChI is InChI=1S/C33H35N/c1-7-23-20-21-28-27-18-11-12-19-29(27)33(5,6)30(28)31(23)34(32(2,3)4)26-17-13-16-25(22-26)24-14-9-8-10-15-24/h8-22H,7H2,1-6H3/i7D. The molecular formula is C33H35N. The number of fused-ring (bicyclic) bond motifs is 3. The zero-order chi connectivity index (χ0) is 25.0. The molecule has 0 heterocycles. The average Bonchev–Trinajstić information content (AvgIpc) is 3.06. The second-order valence-corrected chi connectivity index (χ2v) is 10.8. The van der Waals surface area contributed by atoms with Crippen molar-refractivity contribution in [1.29, 1.82) is 0 Å². The van der Waals surface area contributed by atoms with E-state index in [2.05, 4.69) is 131 Å². The third-order valence-corrected chi connectivity index (χ3v) is 7.14. The lowest BCUT2D eigenvalue weighted by molar-refractivity contribution is 0.551. The minimum Gasteiger partial charge on any atom is -0.336 e. The summed E-state index contributed by atoms with van der Waals surface area (Å²) in [6.45, 7) is 13.5. The van der Waals surface area contributed by atoms with E-state index in [9.17, 15) is 0 Å². The highest BCUT2D eigenvalue weighted by Gasteiger charge is 2.41. The molecule has 0 saturated heterocycles. The molecule has 4 aromatic rings. The Bertz CT molecular complexity index is 1380. The highest BCUT2D eigenvalue weighted by Crippen LogP contribution is 2.55. The van der Waals surface area contributed by atoms with Crippen LogP contribution in [-0.4, -0.2) is 5.54 Å². The molecule has 0 saturated carbocycles. The number of benzene rings is 4. The van der Waals surface area contributed by atoms with Crippen LogP contribution in [0.4, 0.5) is 11.4 Å². The lowest BCUT2D eigenvalue weighted by Gasteiger charge is -2.42. The van der Waals surface area contributed by atoms with Crippen LogP contribution in [-0.2, 0) is 11.8 Å². The summed E-state index contributed by atoms with van der Waals surface area (Å²) >= 11 is 0. The molecule has 0 N–H and O–H groups in total. The number of hydrogen-bond acceptors (Lipinski definition) is 1. The Balaban J connectivity index is 1.81. The van der Waals surface area contributed by atoms with Crippen molar-refractivity contribution in [3.05, 3.63) is 108 Å². The van der Waals surface area contributed by atoms with Gasteiger partial charge in [-0.2, -0.15) is 0 Å². The van der Waals surface area contributed by atoms with Crippen LogP contribution < -0.4 is 4.90 Å². The summed E-state index contributed by atoms with van der Waals surface area (Å²) in [7, 11) is 0. The Morgan fingerprint density at radius 1 is 0.765 bits per heavy atom. The fourth-order valence-electron chi connectivity index (χ4n) is 5.64. The smallest absolute Gasteiger partial charge is 0.0495 e. The van der Waals surface area contributed by atoms with E-state index in [0.29, 0.717) is 0 Å². The van der Waals surface area contributed by atoms with Gasteiger partial charge in [0, 0.05) is 23.7 Å². The molecule has 34 heavy (non-hydrogen) atoms. The lowest BCUT2D eigenvalue weighted by Crippen LogP contribution is -2.39. The fourth-order valence-corrected chi connectivity index (χ4v) is 5.64. The highest BCUT2D eigenvalue weighted by molar-refractivity contribution is 5.90. The minimum atomic E-state index is -0.336. The maximum Gasteiger partial charge on any atom is 0.0495 e. The van der Waals surface area contributed by atoms with Gasteiger partial charge in [-0.1, -0.05) is 99.6 Å². The van der Waals surface area contributed by atoms with Crippen molar-refractivity contribution in [3.8, 4) is 22.3 Å². The predicted octanol–water partition coefficient (Wildman–Crippen LogP) is 9.16. The third kappa shape index (κ3) is 3.55. The summed E-state index contributed by atoms with van der Waals surface area (Å²) in [5, 5.41) is 0. The Morgan fingerprint density at radius 2 is 1.44 bits per heavy atom. The summed E-state index contributed by atoms with van der Waals surface area (Å²) in [5.74, 6) is 0. The van der Waals surface area contributed by atoms with Crippen molar-refractivity contribution in [2.24, 2.45) is 0 Å². The normalized spacial score (nSPS) is 15.3. The van der Waals surface area contributed by atoms with Crippen molar-refractivity contribution in [2.45, 2.75) is 58.9 Å². The van der Waals surface area contributed by atoms with E-state index in [-0.39, 0.29) is 17.4 Å². The summed E-state index contributed by atoms with van der Waals surface area (Å²) in [4.78, 5) is 2.48. The molecule has 4 aromatic carbocycles. The fraction of sp³-hybridized carbons (Fsp3) is 0.273. The van der Waals surface area contributed by atoms with Gasteiger partial charge in [0.2, 0.25) is 0 Å². The molecule has 1 heteroatoms. The molecule has 0 bridgehead atoms. The largest absolute Gasteiger partial charge is 0.336 e. The van der Waals surface area contributed by atoms with Gasteiger partial charge in [-0.15, -0.1) is 0 Å².